The van der Waals surface area contributed by atoms with E-state index in [1.807, 2.05) is 36.1 Å². The number of fused-ring (bicyclic) bond motifs is 1. The second-order valence-electron chi connectivity index (χ2n) is 6.45. The highest BCUT2D eigenvalue weighted by atomic mass is 32.1. The minimum atomic E-state index is -4.47. The van der Waals surface area contributed by atoms with Gasteiger partial charge in [0.25, 0.3) is 0 Å². The second kappa shape index (κ2) is 6.24. The summed E-state index contributed by atoms with van der Waals surface area (Å²) in [7, 11) is 1.81. The maximum Gasteiger partial charge on any atom is 0.443 e. The SMILES string of the molecule is C[C@@H]1CN(c2sc(C(F)(F)F)nc2-c2nc3ccccc3n2C)CCN1. The lowest BCUT2D eigenvalue weighted by Gasteiger charge is -2.32. The molecule has 1 fully saturated rings. The van der Waals surface area contributed by atoms with Crippen LogP contribution in [0.15, 0.2) is 24.3 Å². The number of benzene rings is 1. The van der Waals surface area contributed by atoms with E-state index in [1.165, 1.54) is 0 Å². The van der Waals surface area contributed by atoms with Crippen molar-refractivity contribution in [1.29, 1.82) is 0 Å². The van der Waals surface area contributed by atoms with Crippen LogP contribution < -0.4 is 10.2 Å². The molecule has 26 heavy (non-hydrogen) atoms. The molecule has 1 aliphatic rings. The molecule has 4 rings (SSSR count). The van der Waals surface area contributed by atoms with Gasteiger partial charge in [0.15, 0.2) is 5.82 Å². The topological polar surface area (TPSA) is 46.0 Å². The first-order chi connectivity index (χ1) is 12.3. The molecule has 0 spiro atoms. The number of alkyl halides is 3. The van der Waals surface area contributed by atoms with E-state index >= 15 is 0 Å². The molecule has 1 saturated heterocycles. The second-order valence-corrected chi connectivity index (χ2v) is 7.43. The van der Waals surface area contributed by atoms with Gasteiger partial charge in [0, 0.05) is 32.7 Å². The number of para-hydroxylation sites is 2. The minimum absolute atomic E-state index is 0.202. The fraction of sp³-hybridized carbons (Fsp3) is 0.412. The summed E-state index contributed by atoms with van der Waals surface area (Å²) in [5, 5.41) is 3.01. The molecule has 5 nitrogen and oxygen atoms in total. The first-order valence-electron chi connectivity index (χ1n) is 8.33. The van der Waals surface area contributed by atoms with Crippen LogP contribution in [0.25, 0.3) is 22.6 Å². The van der Waals surface area contributed by atoms with Gasteiger partial charge in [-0.1, -0.05) is 23.5 Å². The summed E-state index contributed by atoms with van der Waals surface area (Å²) in [6.45, 7) is 4.02. The van der Waals surface area contributed by atoms with E-state index in [4.69, 9.17) is 0 Å². The van der Waals surface area contributed by atoms with Crippen molar-refractivity contribution < 1.29 is 13.2 Å². The number of aryl methyl sites for hydroxylation is 1. The van der Waals surface area contributed by atoms with Crippen LogP contribution in [0.5, 0.6) is 0 Å². The average molecular weight is 381 g/mol. The normalized spacial score (nSPS) is 18.7. The molecule has 3 aromatic rings. The molecule has 2 aromatic heterocycles. The molecule has 0 unspecified atom stereocenters. The number of piperazine rings is 1. The zero-order valence-corrected chi connectivity index (χ0v) is 15.2. The number of aromatic nitrogens is 3. The van der Waals surface area contributed by atoms with Gasteiger partial charge >= 0.3 is 6.18 Å². The van der Waals surface area contributed by atoms with E-state index in [1.54, 1.807) is 11.6 Å². The number of thiazole rings is 1. The van der Waals surface area contributed by atoms with Crippen molar-refractivity contribution in [2.75, 3.05) is 24.5 Å². The quantitative estimate of drug-likeness (QED) is 0.738. The van der Waals surface area contributed by atoms with Crippen LogP contribution in [0.2, 0.25) is 0 Å². The summed E-state index contributed by atoms with van der Waals surface area (Å²) in [5.74, 6) is 0.458. The fourth-order valence-electron chi connectivity index (χ4n) is 3.27. The Morgan fingerprint density at radius 2 is 2.00 bits per heavy atom. The summed E-state index contributed by atoms with van der Waals surface area (Å²) >= 11 is 0.697. The van der Waals surface area contributed by atoms with Crippen molar-refractivity contribution in [3.8, 4) is 11.5 Å². The third-order valence-electron chi connectivity index (χ3n) is 4.51. The Labute approximate surface area is 152 Å². The predicted octanol–water partition coefficient (Wildman–Crippen LogP) is 3.51. The lowest BCUT2D eigenvalue weighted by Crippen LogP contribution is -2.49. The highest BCUT2D eigenvalue weighted by Crippen LogP contribution is 2.42. The van der Waals surface area contributed by atoms with Crippen molar-refractivity contribution in [2.45, 2.75) is 19.1 Å². The Kier molecular flexibility index (Phi) is 4.15. The molecular formula is C17H18F3N5S. The van der Waals surface area contributed by atoms with Gasteiger partial charge in [-0.3, -0.25) is 0 Å². The highest BCUT2D eigenvalue weighted by Gasteiger charge is 2.38. The molecule has 0 saturated carbocycles. The molecule has 1 aliphatic heterocycles. The number of imidazole rings is 1. The van der Waals surface area contributed by atoms with Gasteiger partial charge in [0.2, 0.25) is 5.01 Å². The first kappa shape index (κ1) is 17.3. The van der Waals surface area contributed by atoms with E-state index in [0.29, 0.717) is 40.9 Å². The summed E-state index contributed by atoms with van der Waals surface area (Å²) in [5.41, 5.74) is 1.91. The number of nitrogens with zero attached hydrogens (tertiary/aromatic N) is 4. The van der Waals surface area contributed by atoms with Crippen LogP contribution in [0.1, 0.15) is 11.9 Å². The number of nitrogens with one attached hydrogen (secondary N) is 1. The van der Waals surface area contributed by atoms with Gasteiger partial charge in [-0.25, -0.2) is 9.97 Å². The molecule has 1 N–H and O–H groups in total. The molecule has 1 aromatic carbocycles. The molecule has 0 aliphatic carbocycles. The number of hydrogen-bond acceptors (Lipinski definition) is 5. The Balaban J connectivity index is 1.88. The van der Waals surface area contributed by atoms with Crippen LogP contribution >= 0.6 is 11.3 Å². The van der Waals surface area contributed by atoms with Crippen molar-refractivity contribution in [3.05, 3.63) is 29.3 Å². The summed E-state index contributed by atoms with van der Waals surface area (Å²) in [4.78, 5) is 10.5. The maximum absolute atomic E-state index is 13.3. The lowest BCUT2D eigenvalue weighted by atomic mass is 10.2. The molecule has 3 heterocycles. The Morgan fingerprint density at radius 1 is 1.23 bits per heavy atom. The van der Waals surface area contributed by atoms with Crippen molar-refractivity contribution in [3.63, 3.8) is 0 Å². The smallest absolute Gasteiger partial charge is 0.359 e. The van der Waals surface area contributed by atoms with Crippen LogP contribution in [-0.2, 0) is 13.2 Å². The van der Waals surface area contributed by atoms with E-state index in [9.17, 15) is 13.2 Å². The van der Waals surface area contributed by atoms with Crippen molar-refractivity contribution in [1.82, 2.24) is 19.9 Å². The van der Waals surface area contributed by atoms with Gasteiger partial charge in [-0.2, -0.15) is 13.2 Å². The zero-order chi connectivity index (χ0) is 18.5. The van der Waals surface area contributed by atoms with E-state index < -0.39 is 11.2 Å². The van der Waals surface area contributed by atoms with E-state index in [2.05, 4.69) is 15.3 Å². The molecule has 0 bridgehead atoms. The van der Waals surface area contributed by atoms with Crippen molar-refractivity contribution in [2.24, 2.45) is 7.05 Å². The van der Waals surface area contributed by atoms with Gasteiger partial charge in [0.05, 0.1) is 11.0 Å². The molecule has 0 amide bonds. The van der Waals surface area contributed by atoms with Crippen LogP contribution in [0.3, 0.4) is 0 Å². The largest absolute Gasteiger partial charge is 0.443 e. The van der Waals surface area contributed by atoms with Crippen LogP contribution in [-0.4, -0.2) is 40.2 Å². The number of rotatable bonds is 2. The highest BCUT2D eigenvalue weighted by molar-refractivity contribution is 7.16. The Morgan fingerprint density at radius 3 is 2.69 bits per heavy atom. The Bertz CT molecular complexity index is 946. The van der Waals surface area contributed by atoms with Gasteiger partial charge in [0.1, 0.15) is 10.7 Å². The zero-order valence-electron chi connectivity index (χ0n) is 14.3. The van der Waals surface area contributed by atoms with Crippen molar-refractivity contribution >= 4 is 27.4 Å². The van der Waals surface area contributed by atoms with E-state index in [0.717, 1.165) is 17.6 Å². The van der Waals surface area contributed by atoms with Gasteiger partial charge in [-0.15, -0.1) is 0 Å². The minimum Gasteiger partial charge on any atom is -0.359 e. The maximum atomic E-state index is 13.3. The third kappa shape index (κ3) is 2.95. The monoisotopic (exact) mass is 381 g/mol. The molecule has 138 valence electrons. The third-order valence-corrected chi connectivity index (χ3v) is 5.67. The summed E-state index contributed by atoms with van der Waals surface area (Å²) in [6, 6.07) is 7.70. The first-order valence-corrected chi connectivity index (χ1v) is 9.14. The molecule has 9 heteroatoms. The van der Waals surface area contributed by atoms with Gasteiger partial charge < -0.3 is 14.8 Å². The average Bonchev–Trinajstić information content (AvgIpc) is 3.17. The molecular weight excluding hydrogens is 363 g/mol. The molecule has 0 radical (unpaired) electrons. The van der Waals surface area contributed by atoms with E-state index in [-0.39, 0.29) is 6.04 Å². The number of halogens is 3. The Hall–Kier alpha value is -2.13. The summed E-state index contributed by atoms with van der Waals surface area (Å²) in [6.07, 6.45) is -4.47. The predicted molar refractivity (Wildman–Crippen MR) is 96.5 cm³/mol. The van der Waals surface area contributed by atoms with Gasteiger partial charge in [-0.05, 0) is 19.1 Å². The molecule has 1 atom stereocenters. The lowest BCUT2D eigenvalue weighted by molar-refractivity contribution is -0.137. The summed E-state index contributed by atoms with van der Waals surface area (Å²) < 4.78 is 41.8. The fourth-order valence-corrected chi connectivity index (χ4v) is 4.23. The number of anilines is 1. The standard InChI is InChI=1S/C17H18F3N5S/c1-10-9-25(8-7-21-10)15-13(23-16(26-15)17(18,19)20)14-22-11-5-3-4-6-12(11)24(14)2/h3-6,10,21H,7-9H2,1-2H3/t10-/m1/s1. The van der Waals surface area contributed by atoms with Crippen LogP contribution in [0.4, 0.5) is 18.2 Å². The van der Waals surface area contributed by atoms with Crippen LogP contribution in [0, 0.1) is 0 Å². The number of hydrogen-bond donors (Lipinski definition) is 1.